The van der Waals surface area contributed by atoms with E-state index in [1.807, 2.05) is 6.07 Å². The lowest BCUT2D eigenvalue weighted by atomic mass is 9.88. The minimum absolute atomic E-state index is 0.0301. The third-order valence-electron chi connectivity index (χ3n) is 7.01. The van der Waals surface area contributed by atoms with Crippen LogP contribution in [0.5, 0.6) is 11.5 Å². The number of carbonyl (C=O) groups excluding carboxylic acids is 3. The number of nitrogens with zero attached hydrogens (tertiary/aromatic N) is 4. The molecule has 0 bridgehead atoms. The fourth-order valence-electron chi connectivity index (χ4n) is 4.68. The molecule has 4 aromatic rings. The van der Waals surface area contributed by atoms with Crippen molar-refractivity contribution in [3.8, 4) is 17.6 Å². The molecule has 42 heavy (non-hydrogen) atoms. The Morgan fingerprint density at radius 1 is 0.905 bits per heavy atom. The van der Waals surface area contributed by atoms with Gasteiger partial charge in [-0.3, -0.25) is 24.4 Å². The first-order valence-electron chi connectivity index (χ1n) is 13.2. The molecule has 0 unspecified atom stereocenters. The summed E-state index contributed by atoms with van der Waals surface area (Å²) in [6.45, 7) is 0.577. The summed E-state index contributed by atoms with van der Waals surface area (Å²) >= 11 is 0. The van der Waals surface area contributed by atoms with E-state index in [4.69, 9.17) is 10.00 Å². The number of Topliss-reactive ketones (excluding diaryl/α,β-unsaturated/α-hetero) is 2. The Hall–Kier alpha value is -5.30. The predicted octanol–water partition coefficient (Wildman–Crippen LogP) is 5.58. The standard InChI is InChI=1S/C32H24F2N4O4/c33-23-4-9-27(28(34)15-23)31(40)21-11-13-38(14-12-21)32(41)29-10-3-22(18-37-29)30(39)16-24-5-8-26(19-36-24)42-25-6-1-20(17-35)2-7-25/h1-10,15,18-19,21H,11-14,16H2. The first-order chi connectivity index (χ1) is 20.3. The van der Waals surface area contributed by atoms with Crippen LogP contribution in [0.1, 0.15) is 55.3 Å². The molecule has 0 spiro atoms. The van der Waals surface area contributed by atoms with Crippen LogP contribution in [0.3, 0.4) is 0 Å². The summed E-state index contributed by atoms with van der Waals surface area (Å²) < 4.78 is 32.9. The van der Waals surface area contributed by atoms with Crippen LogP contribution < -0.4 is 4.74 Å². The third kappa shape index (κ3) is 6.53. The molecule has 1 saturated heterocycles. The fourth-order valence-corrected chi connectivity index (χ4v) is 4.68. The van der Waals surface area contributed by atoms with E-state index in [0.717, 1.165) is 12.1 Å². The lowest BCUT2D eigenvalue weighted by Gasteiger charge is -2.31. The van der Waals surface area contributed by atoms with Gasteiger partial charge in [0, 0.05) is 42.5 Å². The van der Waals surface area contributed by atoms with Gasteiger partial charge in [0.15, 0.2) is 11.6 Å². The average molecular weight is 567 g/mol. The Balaban J connectivity index is 1.13. The maximum absolute atomic E-state index is 14.0. The number of carbonyl (C=O) groups is 3. The summed E-state index contributed by atoms with van der Waals surface area (Å²) in [5.74, 6) is -2.01. The van der Waals surface area contributed by atoms with Crippen molar-refractivity contribution in [2.75, 3.05) is 13.1 Å². The third-order valence-corrected chi connectivity index (χ3v) is 7.01. The minimum atomic E-state index is -0.890. The molecule has 2 aromatic carbocycles. The highest BCUT2D eigenvalue weighted by atomic mass is 19.1. The monoisotopic (exact) mass is 566 g/mol. The number of hydrogen-bond donors (Lipinski definition) is 0. The van der Waals surface area contributed by atoms with E-state index in [1.165, 1.54) is 18.5 Å². The molecular formula is C32H24F2N4O4. The Labute approximate surface area is 240 Å². The number of benzene rings is 2. The molecule has 0 N–H and O–H groups in total. The van der Waals surface area contributed by atoms with E-state index < -0.39 is 23.3 Å². The van der Waals surface area contributed by atoms with Gasteiger partial charge in [-0.05, 0) is 73.5 Å². The molecule has 1 amide bonds. The Morgan fingerprint density at radius 3 is 2.26 bits per heavy atom. The van der Waals surface area contributed by atoms with Gasteiger partial charge in [-0.25, -0.2) is 8.78 Å². The Kier molecular flexibility index (Phi) is 8.39. The molecule has 8 nitrogen and oxygen atoms in total. The Bertz CT molecular complexity index is 1660. The number of amides is 1. The Morgan fingerprint density at radius 2 is 1.64 bits per heavy atom. The quantitative estimate of drug-likeness (QED) is 0.256. The van der Waals surface area contributed by atoms with Crippen molar-refractivity contribution in [2.45, 2.75) is 19.3 Å². The van der Waals surface area contributed by atoms with Crippen molar-refractivity contribution >= 4 is 17.5 Å². The van der Waals surface area contributed by atoms with Gasteiger partial charge in [0.05, 0.1) is 29.8 Å². The summed E-state index contributed by atoms with van der Waals surface area (Å²) in [5, 5.41) is 8.89. The molecule has 1 aliphatic heterocycles. The first kappa shape index (κ1) is 28.2. The van der Waals surface area contributed by atoms with Gasteiger partial charge in [0.25, 0.3) is 5.91 Å². The number of likely N-dealkylation sites (tertiary alicyclic amines) is 1. The normalized spacial score (nSPS) is 13.3. The van der Waals surface area contributed by atoms with Crippen molar-refractivity contribution in [3.05, 3.63) is 119 Å². The van der Waals surface area contributed by atoms with Crippen molar-refractivity contribution in [1.82, 2.24) is 14.9 Å². The van der Waals surface area contributed by atoms with Crippen LogP contribution in [0.2, 0.25) is 0 Å². The molecule has 0 radical (unpaired) electrons. The molecule has 0 saturated carbocycles. The van der Waals surface area contributed by atoms with Crippen molar-refractivity contribution in [1.29, 1.82) is 5.26 Å². The maximum atomic E-state index is 14.0. The van der Waals surface area contributed by atoms with Crippen LogP contribution in [-0.4, -0.2) is 45.4 Å². The molecule has 5 rings (SSSR count). The first-order valence-corrected chi connectivity index (χ1v) is 13.2. The van der Waals surface area contributed by atoms with Gasteiger partial charge in [-0.15, -0.1) is 0 Å². The largest absolute Gasteiger partial charge is 0.456 e. The molecule has 1 aliphatic rings. The zero-order valence-corrected chi connectivity index (χ0v) is 22.3. The van der Waals surface area contributed by atoms with Crippen LogP contribution in [-0.2, 0) is 6.42 Å². The number of pyridine rings is 2. The molecule has 1 fully saturated rings. The lowest BCUT2D eigenvalue weighted by Crippen LogP contribution is -2.40. The van der Waals surface area contributed by atoms with Gasteiger partial charge in [0.1, 0.15) is 28.8 Å². The number of aromatic nitrogens is 2. The number of rotatable bonds is 8. The maximum Gasteiger partial charge on any atom is 0.272 e. The van der Waals surface area contributed by atoms with Crippen LogP contribution >= 0.6 is 0 Å². The smallest absolute Gasteiger partial charge is 0.272 e. The van der Waals surface area contributed by atoms with Crippen LogP contribution in [0.4, 0.5) is 8.78 Å². The minimum Gasteiger partial charge on any atom is -0.456 e. The van der Waals surface area contributed by atoms with E-state index in [0.29, 0.717) is 47.2 Å². The van der Waals surface area contributed by atoms with E-state index in [1.54, 1.807) is 47.4 Å². The average Bonchev–Trinajstić information content (AvgIpc) is 3.02. The molecular weight excluding hydrogens is 542 g/mol. The zero-order valence-electron chi connectivity index (χ0n) is 22.3. The summed E-state index contributed by atoms with van der Waals surface area (Å²) in [7, 11) is 0. The molecule has 10 heteroatoms. The van der Waals surface area contributed by atoms with Gasteiger partial charge >= 0.3 is 0 Å². The number of piperidine rings is 1. The number of halogens is 2. The van der Waals surface area contributed by atoms with Crippen LogP contribution in [0.25, 0.3) is 0 Å². The highest BCUT2D eigenvalue weighted by Gasteiger charge is 2.30. The zero-order chi connectivity index (χ0) is 29.6. The summed E-state index contributed by atoms with van der Waals surface area (Å²) in [6.07, 6.45) is 3.59. The molecule has 3 heterocycles. The van der Waals surface area contributed by atoms with Gasteiger partial charge in [-0.1, -0.05) is 0 Å². The molecule has 0 aliphatic carbocycles. The van der Waals surface area contributed by atoms with Gasteiger partial charge in [0.2, 0.25) is 0 Å². The molecule has 210 valence electrons. The number of ether oxygens (including phenoxy) is 1. The summed E-state index contributed by atoms with van der Waals surface area (Å²) in [5.41, 5.74) is 1.41. The molecule has 2 aromatic heterocycles. The van der Waals surface area contributed by atoms with Crippen LogP contribution in [0.15, 0.2) is 79.1 Å². The second-order valence-electron chi connectivity index (χ2n) is 9.81. The highest BCUT2D eigenvalue weighted by Crippen LogP contribution is 2.25. The lowest BCUT2D eigenvalue weighted by molar-refractivity contribution is 0.0644. The number of ketones is 2. The van der Waals surface area contributed by atoms with Crippen molar-refractivity contribution in [3.63, 3.8) is 0 Å². The molecule has 0 atom stereocenters. The SMILES string of the molecule is N#Cc1ccc(Oc2ccc(CC(=O)c3ccc(C(=O)N4CCC(C(=O)c5ccc(F)cc5F)CC4)nc3)nc2)cc1. The number of nitriles is 1. The van der Waals surface area contributed by atoms with Crippen molar-refractivity contribution < 1.29 is 27.9 Å². The van der Waals surface area contributed by atoms with Gasteiger partial charge < -0.3 is 9.64 Å². The van der Waals surface area contributed by atoms with Gasteiger partial charge in [-0.2, -0.15) is 5.26 Å². The van der Waals surface area contributed by atoms with Crippen LogP contribution in [0, 0.1) is 28.9 Å². The predicted molar refractivity (Wildman–Crippen MR) is 147 cm³/mol. The number of hydrogen-bond acceptors (Lipinski definition) is 7. The topological polar surface area (TPSA) is 113 Å². The van der Waals surface area contributed by atoms with E-state index in [2.05, 4.69) is 9.97 Å². The summed E-state index contributed by atoms with van der Waals surface area (Å²) in [4.78, 5) is 48.5. The van der Waals surface area contributed by atoms with Crippen molar-refractivity contribution in [2.24, 2.45) is 5.92 Å². The second kappa shape index (κ2) is 12.5. The van der Waals surface area contributed by atoms with E-state index >= 15 is 0 Å². The summed E-state index contributed by atoms with van der Waals surface area (Å²) in [6, 6.07) is 18.0. The van der Waals surface area contributed by atoms with E-state index in [9.17, 15) is 23.2 Å². The fraction of sp³-hybridized carbons (Fsp3) is 0.188. The van der Waals surface area contributed by atoms with E-state index in [-0.39, 0.29) is 42.5 Å². The highest BCUT2D eigenvalue weighted by molar-refractivity contribution is 5.99. The second-order valence-corrected chi connectivity index (χ2v) is 9.81.